The number of nitrogens with one attached hydrogen (secondary N) is 1. The second-order valence-electron chi connectivity index (χ2n) is 8.29. The average molecular weight is 520 g/mol. The van der Waals surface area contributed by atoms with E-state index in [2.05, 4.69) is 17.4 Å². The minimum atomic E-state index is -0.568. The van der Waals surface area contributed by atoms with Crippen LogP contribution in [0.1, 0.15) is 53.0 Å². The maximum Gasteiger partial charge on any atom is 0.344 e. The van der Waals surface area contributed by atoms with Gasteiger partial charge in [-0.05, 0) is 81.1 Å². The molecule has 0 fully saturated rings. The number of amides is 1. The van der Waals surface area contributed by atoms with Crippen LogP contribution >= 0.6 is 0 Å². The highest BCUT2D eigenvalue weighted by Gasteiger charge is 2.16. The average Bonchev–Trinajstić information content (AvgIpc) is 2.93. The molecule has 38 heavy (non-hydrogen) atoms. The zero-order valence-electron chi connectivity index (χ0n) is 21.7. The summed E-state index contributed by atoms with van der Waals surface area (Å²) >= 11 is 0. The third-order valence-corrected chi connectivity index (χ3v) is 5.48. The summed E-state index contributed by atoms with van der Waals surface area (Å²) in [6, 6.07) is 21.6. The molecule has 3 aromatic carbocycles. The van der Waals surface area contributed by atoms with Gasteiger partial charge in [-0.1, -0.05) is 30.3 Å². The highest BCUT2D eigenvalue weighted by molar-refractivity contribution is 6.05. The van der Waals surface area contributed by atoms with E-state index < -0.39 is 11.9 Å². The van der Waals surface area contributed by atoms with E-state index in [-0.39, 0.29) is 37.0 Å². The van der Waals surface area contributed by atoms with Crippen LogP contribution in [0.15, 0.2) is 72.8 Å². The highest BCUT2D eigenvalue weighted by atomic mass is 16.6. The van der Waals surface area contributed by atoms with Gasteiger partial charge in [0.15, 0.2) is 6.61 Å². The Morgan fingerprint density at radius 1 is 0.763 bits per heavy atom. The number of anilines is 1. The molecule has 0 aliphatic heterocycles. The fourth-order valence-corrected chi connectivity index (χ4v) is 3.59. The first-order valence-electron chi connectivity index (χ1n) is 12.7. The molecular formula is C30H33NO7. The van der Waals surface area contributed by atoms with Crippen LogP contribution in [-0.2, 0) is 20.7 Å². The third kappa shape index (κ3) is 8.96. The molecule has 0 aliphatic carbocycles. The van der Waals surface area contributed by atoms with Gasteiger partial charge in [0, 0.05) is 5.56 Å². The summed E-state index contributed by atoms with van der Waals surface area (Å²) in [4.78, 5) is 36.8. The number of carbonyl (C=O) groups is 3. The molecule has 3 aromatic rings. The molecule has 8 nitrogen and oxygen atoms in total. The Balaban J connectivity index is 1.57. The molecule has 0 aromatic heterocycles. The lowest BCUT2D eigenvalue weighted by molar-refractivity contribution is -0.145. The number of aryl methyl sites for hydroxylation is 1. The molecule has 0 unspecified atom stereocenters. The van der Waals surface area contributed by atoms with Crippen LogP contribution in [0.25, 0.3) is 0 Å². The molecule has 0 atom stereocenters. The Bertz CT molecular complexity index is 1190. The second-order valence-corrected chi connectivity index (χ2v) is 8.29. The van der Waals surface area contributed by atoms with Crippen LogP contribution < -0.4 is 14.8 Å². The number of hydrogen-bond acceptors (Lipinski definition) is 7. The first-order valence-corrected chi connectivity index (χ1v) is 12.7. The first-order chi connectivity index (χ1) is 18.5. The van der Waals surface area contributed by atoms with Gasteiger partial charge in [0.2, 0.25) is 0 Å². The lowest BCUT2D eigenvalue weighted by atomic mass is 10.1. The molecule has 0 heterocycles. The molecule has 1 N–H and O–H groups in total. The summed E-state index contributed by atoms with van der Waals surface area (Å²) in [6.07, 6.45) is 2.96. The first kappa shape index (κ1) is 28.2. The van der Waals surface area contributed by atoms with Crippen molar-refractivity contribution in [1.82, 2.24) is 0 Å². The quantitative estimate of drug-likeness (QED) is 0.223. The van der Waals surface area contributed by atoms with Crippen molar-refractivity contribution in [2.24, 2.45) is 0 Å². The number of rotatable bonds is 14. The van der Waals surface area contributed by atoms with Gasteiger partial charge in [0.25, 0.3) is 5.91 Å². The molecule has 0 radical (unpaired) electrons. The number of carbonyl (C=O) groups excluding carboxylic acids is 3. The maximum atomic E-state index is 12.9. The fraction of sp³-hybridized carbons (Fsp3) is 0.300. The van der Waals surface area contributed by atoms with Gasteiger partial charge in [-0.2, -0.15) is 0 Å². The second kappa shape index (κ2) is 15.0. The summed E-state index contributed by atoms with van der Waals surface area (Å²) in [6.45, 7) is 4.03. The fourth-order valence-electron chi connectivity index (χ4n) is 3.59. The van der Waals surface area contributed by atoms with Crippen LogP contribution in [0.2, 0.25) is 0 Å². The summed E-state index contributed by atoms with van der Waals surface area (Å²) in [5.41, 5.74) is 2.25. The molecule has 0 saturated carbocycles. The van der Waals surface area contributed by atoms with Crippen molar-refractivity contribution >= 4 is 23.5 Å². The summed E-state index contributed by atoms with van der Waals surface area (Å²) in [7, 11) is 0. The summed E-state index contributed by atoms with van der Waals surface area (Å²) in [5, 5.41) is 2.77. The Morgan fingerprint density at radius 3 is 2.18 bits per heavy atom. The summed E-state index contributed by atoms with van der Waals surface area (Å²) in [5.74, 6) is -0.667. The normalized spacial score (nSPS) is 10.4. The van der Waals surface area contributed by atoms with Gasteiger partial charge < -0.3 is 24.3 Å². The van der Waals surface area contributed by atoms with Gasteiger partial charge in [0.1, 0.15) is 11.5 Å². The van der Waals surface area contributed by atoms with E-state index in [1.807, 2.05) is 18.2 Å². The Morgan fingerprint density at radius 2 is 1.47 bits per heavy atom. The molecular weight excluding hydrogens is 486 g/mol. The molecule has 0 spiro atoms. The lowest BCUT2D eigenvalue weighted by Crippen LogP contribution is -2.17. The van der Waals surface area contributed by atoms with Gasteiger partial charge in [0.05, 0.1) is 31.1 Å². The Labute approximate surface area is 222 Å². The van der Waals surface area contributed by atoms with Crippen molar-refractivity contribution in [1.29, 1.82) is 0 Å². The molecule has 0 aliphatic rings. The van der Waals surface area contributed by atoms with E-state index in [9.17, 15) is 14.4 Å². The highest BCUT2D eigenvalue weighted by Crippen LogP contribution is 2.27. The number of esters is 2. The van der Waals surface area contributed by atoms with Gasteiger partial charge >= 0.3 is 11.9 Å². The molecule has 0 bridgehead atoms. The monoisotopic (exact) mass is 519 g/mol. The zero-order chi connectivity index (χ0) is 27.2. The van der Waals surface area contributed by atoms with Gasteiger partial charge in [-0.3, -0.25) is 4.79 Å². The molecule has 3 rings (SSSR count). The SMILES string of the molecule is CCOC(=O)COc1cc(C(=O)OCC)ccc1NC(=O)c1ccc(OCCCCc2ccccc2)cc1. The molecule has 1 amide bonds. The predicted molar refractivity (Wildman–Crippen MR) is 144 cm³/mol. The number of ether oxygens (including phenoxy) is 4. The third-order valence-electron chi connectivity index (χ3n) is 5.48. The van der Waals surface area contributed by atoms with Crippen molar-refractivity contribution in [3.05, 3.63) is 89.5 Å². The standard InChI is InChI=1S/C30H33NO7/c1-3-35-28(32)21-38-27-20-24(30(34)36-4-2)15-18-26(27)31-29(33)23-13-16-25(17-14-23)37-19-9-8-12-22-10-6-5-7-11-22/h5-7,10-11,13-18,20H,3-4,8-9,12,19,21H2,1-2H3,(H,31,33). The van der Waals surface area contributed by atoms with E-state index in [4.69, 9.17) is 18.9 Å². The largest absolute Gasteiger partial charge is 0.494 e. The van der Waals surface area contributed by atoms with E-state index in [0.717, 1.165) is 19.3 Å². The topological polar surface area (TPSA) is 100 Å². The van der Waals surface area contributed by atoms with E-state index in [1.54, 1.807) is 38.1 Å². The number of hydrogen-bond donors (Lipinski definition) is 1. The minimum absolute atomic E-state index is 0.146. The van der Waals surface area contributed by atoms with Crippen LogP contribution in [0, 0.1) is 0 Å². The molecule has 0 saturated heterocycles. The van der Waals surface area contributed by atoms with Crippen molar-refractivity contribution < 1.29 is 33.3 Å². The maximum absolute atomic E-state index is 12.9. The Hall–Kier alpha value is -4.33. The van der Waals surface area contributed by atoms with E-state index in [1.165, 1.54) is 23.8 Å². The van der Waals surface area contributed by atoms with Crippen molar-refractivity contribution in [2.75, 3.05) is 31.7 Å². The van der Waals surface area contributed by atoms with Crippen molar-refractivity contribution in [2.45, 2.75) is 33.1 Å². The molecule has 8 heteroatoms. The smallest absolute Gasteiger partial charge is 0.344 e. The van der Waals surface area contributed by atoms with Crippen molar-refractivity contribution in [3.63, 3.8) is 0 Å². The Kier molecular flexibility index (Phi) is 11.2. The number of unbranched alkanes of at least 4 members (excludes halogenated alkanes) is 1. The van der Waals surface area contributed by atoms with Crippen LogP contribution in [0.4, 0.5) is 5.69 Å². The lowest BCUT2D eigenvalue weighted by Gasteiger charge is -2.14. The molecule has 200 valence electrons. The van der Waals surface area contributed by atoms with Crippen LogP contribution in [-0.4, -0.2) is 44.3 Å². The summed E-state index contributed by atoms with van der Waals surface area (Å²) < 4.78 is 21.3. The van der Waals surface area contributed by atoms with Crippen LogP contribution in [0.5, 0.6) is 11.5 Å². The van der Waals surface area contributed by atoms with E-state index >= 15 is 0 Å². The van der Waals surface area contributed by atoms with Crippen LogP contribution in [0.3, 0.4) is 0 Å². The van der Waals surface area contributed by atoms with Gasteiger partial charge in [-0.15, -0.1) is 0 Å². The van der Waals surface area contributed by atoms with Gasteiger partial charge in [-0.25, -0.2) is 9.59 Å². The van der Waals surface area contributed by atoms with Crippen molar-refractivity contribution in [3.8, 4) is 11.5 Å². The van der Waals surface area contributed by atoms with E-state index in [0.29, 0.717) is 23.6 Å². The minimum Gasteiger partial charge on any atom is -0.494 e. The predicted octanol–water partition coefficient (Wildman–Crippen LogP) is 5.46. The number of benzene rings is 3. The zero-order valence-corrected chi connectivity index (χ0v) is 21.7.